The first-order valence-corrected chi connectivity index (χ1v) is 13.3. The Morgan fingerprint density at radius 3 is 2.44 bits per heavy atom. The fourth-order valence-electron chi connectivity index (χ4n) is 4.42. The molecule has 2 aromatic heterocycles. The summed E-state index contributed by atoms with van der Waals surface area (Å²) in [6.07, 6.45) is 0.796. The number of carbonyl (C=O) groups is 1. The van der Waals surface area contributed by atoms with Crippen LogP contribution in [0.4, 0.5) is 0 Å². The van der Waals surface area contributed by atoms with E-state index in [9.17, 15) is 4.79 Å². The summed E-state index contributed by atoms with van der Waals surface area (Å²) in [7, 11) is 0. The average molecular weight is 511 g/mol. The lowest BCUT2D eigenvalue weighted by Gasteiger charge is -2.30. The number of thiophene rings is 1. The van der Waals surface area contributed by atoms with Crippen LogP contribution in [0.3, 0.4) is 0 Å². The van der Waals surface area contributed by atoms with Gasteiger partial charge in [0.05, 0.1) is 16.8 Å². The minimum atomic E-state index is 0.000896. The molecule has 0 N–H and O–H groups in total. The van der Waals surface area contributed by atoms with Crippen LogP contribution in [0.5, 0.6) is 0 Å². The van der Waals surface area contributed by atoms with Gasteiger partial charge < -0.3 is 4.90 Å². The Bertz CT molecular complexity index is 1480. The molecule has 0 aliphatic rings. The molecule has 1 amide bonds. The third kappa shape index (κ3) is 5.35. The molecule has 36 heavy (non-hydrogen) atoms. The molecule has 3 aromatic carbocycles. The second kappa shape index (κ2) is 10.7. The molecule has 5 heteroatoms. The number of halogens is 1. The first-order chi connectivity index (χ1) is 17.5. The van der Waals surface area contributed by atoms with Gasteiger partial charge in [0, 0.05) is 39.9 Å². The van der Waals surface area contributed by atoms with Crippen molar-refractivity contribution in [2.24, 2.45) is 0 Å². The Morgan fingerprint density at radius 2 is 1.72 bits per heavy atom. The van der Waals surface area contributed by atoms with Gasteiger partial charge in [0.25, 0.3) is 5.91 Å². The summed E-state index contributed by atoms with van der Waals surface area (Å²) in [6.45, 7) is 4.69. The van der Waals surface area contributed by atoms with Crippen LogP contribution >= 0.6 is 22.9 Å². The fourth-order valence-corrected chi connectivity index (χ4v) is 5.38. The number of hydrogen-bond donors (Lipinski definition) is 0. The molecule has 0 bridgehead atoms. The monoisotopic (exact) mass is 510 g/mol. The van der Waals surface area contributed by atoms with Crippen molar-refractivity contribution in [2.75, 3.05) is 0 Å². The molecule has 0 radical (unpaired) electrons. The van der Waals surface area contributed by atoms with Crippen molar-refractivity contribution in [3.05, 3.63) is 123 Å². The van der Waals surface area contributed by atoms with Crippen LogP contribution < -0.4 is 0 Å². The van der Waals surface area contributed by atoms with Crippen LogP contribution in [0, 0.1) is 6.92 Å². The van der Waals surface area contributed by atoms with E-state index >= 15 is 0 Å². The SMILES string of the molecule is Cc1ccc(-c2cc(C(=O)N(Cc3ccc(Cl)cc3)[C@H](C)Cc3cccs3)c3ccccc3n2)cc1. The van der Waals surface area contributed by atoms with Crippen LogP contribution in [0.25, 0.3) is 22.2 Å². The van der Waals surface area contributed by atoms with Gasteiger partial charge in [0.1, 0.15) is 0 Å². The summed E-state index contributed by atoms with van der Waals surface area (Å²) in [6, 6.07) is 30.0. The molecule has 180 valence electrons. The second-order valence-corrected chi connectivity index (χ2v) is 10.6. The summed E-state index contributed by atoms with van der Waals surface area (Å²) in [5.41, 5.74) is 5.51. The van der Waals surface area contributed by atoms with Crippen molar-refractivity contribution in [3.63, 3.8) is 0 Å². The zero-order valence-electron chi connectivity index (χ0n) is 20.3. The number of hydrogen-bond acceptors (Lipinski definition) is 3. The van der Waals surface area contributed by atoms with E-state index in [1.54, 1.807) is 11.3 Å². The van der Waals surface area contributed by atoms with Gasteiger partial charge >= 0.3 is 0 Å². The summed E-state index contributed by atoms with van der Waals surface area (Å²) < 4.78 is 0. The molecule has 5 rings (SSSR count). The average Bonchev–Trinajstić information content (AvgIpc) is 3.40. The minimum absolute atomic E-state index is 0.000896. The van der Waals surface area contributed by atoms with Crippen molar-refractivity contribution >= 4 is 39.7 Å². The molecule has 1 atom stereocenters. The molecule has 2 heterocycles. The lowest BCUT2D eigenvalue weighted by Crippen LogP contribution is -2.39. The minimum Gasteiger partial charge on any atom is -0.331 e. The molecule has 3 nitrogen and oxygen atoms in total. The summed E-state index contributed by atoms with van der Waals surface area (Å²) >= 11 is 7.85. The fraction of sp³-hybridized carbons (Fsp3) is 0.161. The number of nitrogens with zero attached hydrogens (tertiary/aromatic N) is 2. The third-order valence-electron chi connectivity index (χ3n) is 6.43. The molecular formula is C31H27ClN2OS. The van der Waals surface area contributed by atoms with Crippen molar-refractivity contribution in [1.29, 1.82) is 0 Å². The Labute approximate surface area is 221 Å². The molecule has 0 fully saturated rings. The molecule has 0 saturated heterocycles. The van der Waals surface area contributed by atoms with Crippen LogP contribution in [0.15, 0.2) is 96.4 Å². The molecule has 5 aromatic rings. The molecule has 0 spiro atoms. The van der Waals surface area contributed by atoms with Crippen LogP contribution in [0.2, 0.25) is 5.02 Å². The largest absolute Gasteiger partial charge is 0.331 e. The van der Waals surface area contributed by atoms with Gasteiger partial charge in [-0.2, -0.15) is 0 Å². The Morgan fingerprint density at radius 1 is 0.972 bits per heavy atom. The van der Waals surface area contributed by atoms with E-state index in [1.165, 1.54) is 10.4 Å². The van der Waals surface area contributed by atoms with Gasteiger partial charge in [-0.05, 0) is 55.1 Å². The highest BCUT2D eigenvalue weighted by Crippen LogP contribution is 2.28. The van der Waals surface area contributed by atoms with Crippen molar-refractivity contribution in [1.82, 2.24) is 9.88 Å². The number of amides is 1. The highest BCUT2D eigenvalue weighted by molar-refractivity contribution is 7.09. The van der Waals surface area contributed by atoms with E-state index in [1.807, 2.05) is 59.5 Å². The van der Waals surface area contributed by atoms with E-state index in [0.29, 0.717) is 17.1 Å². The van der Waals surface area contributed by atoms with Gasteiger partial charge in [-0.1, -0.05) is 77.8 Å². The number of benzene rings is 3. The maximum atomic E-state index is 14.3. The number of rotatable bonds is 7. The normalized spacial score (nSPS) is 12.0. The Hall–Kier alpha value is -3.47. The predicted octanol–water partition coefficient (Wildman–Crippen LogP) is 8.20. The third-order valence-corrected chi connectivity index (χ3v) is 7.58. The second-order valence-electron chi connectivity index (χ2n) is 9.13. The predicted molar refractivity (Wildman–Crippen MR) is 151 cm³/mol. The molecule has 0 saturated carbocycles. The lowest BCUT2D eigenvalue weighted by molar-refractivity contribution is 0.0678. The van der Waals surface area contributed by atoms with Gasteiger partial charge in [0.2, 0.25) is 0 Å². The number of para-hydroxylation sites is 1. The summed E-state index contributed by atoms with van der Waals surface area (Å²) in [5.74, 6) is 0.000896. The van der Waals surface area contributed by atoms with E-state index in [4.69, 9.17) is 16.6 Å². The number of fused-ring (bicyclic) bond motifs is 1. The van der Waals surface area contributed by atoms with Gasteiger partial charge in [-0.15, -0.1) is 11.3 Å². The van der Waals surface area contributed by atoms with Crippen molar-refractivity contribution in [2.45, 2.75) is 32.9 Å². The van der Waals surface area contributed by atoms with Crippen LogP contribution in [-0.2, 0) is 13.0 Å². The first-order valence-electron chi connectivity index (χ1n) is 12.0. The highest BCUT2D eigenvalue weighted by Gasteiger charge is 2.25. The van der Waals surface area contributed by atoms with Gasteiger partial charge in [-0.3, -0.25) is 4.79 Å². The zero-order valence-corrected chi connectivity index (χ0v) is 21.9. The lowest BCUT2D eigenvalue weighted by atomic mass is 10.0. The number of carbonyl (C=O) groups excluding carboxylic acids is 1. The zero-order chi connectivity index (χ0) is 25.1. The van der Waals surface area contributed by atoms with E-state index in [-0.39, 0.29) is 11.9 Å². The molecule has 0 unspecified atom stereocenters. The Balaban J connectivity index is 1.58. The molecule has 0 aliphatic carbocycles. The van der Waals surface area contributed by atoms with Gasteiger partial charge in [0.15, 0.2) is 0 Å². The van der Waals surface area contributed by atoms with E-state index < -0.39 is 0 Å². The van der Waals surface area contributed by atoms with E-state index in [0.717, 1.165) is 34.1 Å². The number of aromatic nitrogens is 1. The summed E-state index contributed by atoms with van der Waals surface area (Å²) in [4.78, 5) is 22.4. The quantitative estimate of drug-likeness (QED) is 0.221. The van der Waals surface area contributed by atoms with Crippen molar-refractivity contribution < 1.29 is 4.79 Å². The maximum absolute atomic E-state index is 14.3. The maximum Gasteiger partial charge on any atom is 0.255 e. The van der Waals surface area contributed by atoms with Crippen LogP contribution in [0.1, 0.15) is 33.3 Å². The first kappa shape index (κ1) is 24.2. The number of aryl methyl sites for hydroxylation is 1. The van der Waals surface area contributed by atoms with Gasteiger partial charge in [-0.25, -0.2) is 4.98 Å². The summed E-state index contributed by atoms with van der Waals surface area (Å²) in [5, 5.41) is 3.63. The smallest absolute Gasteiger partial charge is 0.255 e. The molecular weight excluding hydrogens is 484 g/mol. The molecule has 0 aliphatic heterocycles. The topological polar surface area (TPSA) is 33.2 Å². The number of pyridine rings is 1. The highest BCUT2D eigenvalue weighted by atomic mass is 35.5. The Kier molecular flexibility index (Phi) is 7.17. The standard InChI is InChI=1S/C31H27ClN2OS/c1-21-9-13-24(14-10-21)30-19-28(27-7-3-4-8-29(27)33-30)31(35)34(20-23-11-15-25(32)16-12-23)22(2)18-26-6-5-17-36-26/h3-17,19,22H,18,20H2,1-2H3/t22-/m1/s1. The van der Waals surface area contributed by atoms with E-state index in [2.05, 4.69) is 55.6 Å². The van der Waals surface area contributed by atoms with Crippen LogP contribution in [-0.4, -0.2) is 21.8 Å². The van der Waals surface area contributed by atoms with Crippen molar-refractivity contribution in [3.8, 4) is 11.3 Å².